The Morgan fingerprint density at radius 2 is 2.29 bits per heavy atom. The molecule has 1 fully saturated rings. The Bertz CT molecular complexity index is 518. The van der Waals surface area contributed by atoms with E-state index in [4.69, 9.17) is 0 Å². The molecule has 0 atom stereocenters. The number of nitrogens with one attached hydrogen (secondary N) is 1. The third-order valence-corrected chi connectivity index (χ3v) is 3.44. The van der Waals surface area contributed by atoms with Crippen molar-refractivity contribution in [3.8, 4) is 0 Å². The summed E-state index contributed by atoms with van der Waals surface area (Å²) in [5, 5.41) is 10.3. The normalized spacial score (nSPS) is 23.6. The Balaban J connectivity index is 1.80. The first-order valence-corrected chi connectivity index (χ1v) is 5.91. The zero-order valence-corrected chi connectivity index (χ0v) is 9.80. The van der Waals surface area contributed by atoms with Crippen molar-refractivity contribution < 1.29 is 5.11 Å². The number of rotatable bonds is 3. The minimum Gasteiger partial charge on any atom is -0.393 e. The summed E-state index contributed by atoms with van der Waals surface area (Å²) in [7, 11) is 2.04. The summed E-state index contributed by atoms with van der Waals surface area (Å²) >= 11 is 0. The summed E-state index contributed by atoms with van der Waals surface area (Å²) in [6.45, 7) is 0.939. The van der Waals surface area contributed by atoms with Gasteiger partial charge in [0.25, 0.3) is 0 Å². The molecule has 0 spiro atoms. The molecule has 2 heterocycles. The van der Waals surface area contributed by atoms with Crippen LogP contribution < -0.4 is 4.90 Å². The van der Waals surface area contributed by atoms with Crippen molar-refractivity contribution in [1.29, 1.82) is 0 Å². The van der Waals surface area contributed by atoms with Crippen LogP contribution in [0.15, 0.2) is 18.6 Å². The average Bonchev–Trinajstić information content (AvgIpc) is 2.74. The predicted molar refractivity (Wildman–Crippen MR) is 65.9 cm³/mol. The molecular weight excluding hydrogens is 216 g/mol. The molecule has 2 aromatic heterocycles. The van der Waals surface area contributed by atoms with Crippen molar-refractivity contribution in [2.75, 3.05) is 18.5 Å². The number of aromatic nitrogens is 3. The van der Waals surface area contributed by atoms with Crippen LogP contribution in [0.5, 0.6) is 0 Å². The lowest BCUT2D eigenvalue weighted by molar-refractivity contribution is 0.0464. The van der Waals surface area contributed by atoms with E-state index in [-0.39, 0.29) is 6.10 Å². The van der Waals surface area contributed by atoms with Gasteiger partial charge in [0.05, 0.1) is 11.5 Å². The zero-order chi connectivity index (χ0) is 11.8. The third kappa shape index (κ3) is 1.86. The van der Waals surface area contributed by atoms with Crippen LogP contribution in [-0.4, -0.2) is 39.8 Å². The smallest absolute Gasteiger partial charge is 0.142 e. The highest BCUT2D eigenvalue weighted by molar-refractivity contribution is 5.87. The molecule has 0 unspecified atom stereocenters. The third-order valence-electron chi connectivity index (χ3n) is 3.44. The molecule has 17 heavy (non-hydrogen) atoms. The van der Waals surface area contributed by atoms with Gasteiger partial charge in [-0.2, -0.15) is 0 Å². The Hall–Kier alpha value is -1.62. The van der Waals surface area contributed by atoms with Crippen molar-refractivity contribution >= 4 is 16.9 Å². The molecule has 0 aliphatic heterocycles. The fourth-order valence-corrected chi connectivity index (χ4v) is 2.49. The number of H-pyrrole nitrogens is 1. The van der Waals surface area contributed by atoms with Crippen molar-refractivity contribution in [1.82, 2.24) is 15.0 Å². The number of nitrogens with zero attached hydrogens (tertiary/aromatic N) is 3. The number of fused-ring (bicyclic) bond motifs is 1. The van der Waals surface area contributed by atoms with Crippen LogP contribution in [0.25, 0.3) is 11.0 Å². The molecule has 0 saturated heterocycles. The van der Waals surface area contributed by atoms with Crippen molar-refractivity contribution in [3.63, 3.8) is 0 Å². The standard InChI is InChI=1S/C12H16N4O/c1-16(6-8-4-9(17)5-8)12-10-2-3-13-11(10)14-7-15-12/h2-3,7-9,17H,4-6H2,1H3,(H,13,14,15). The van der Waals surface area contributed by atoms with Crippen molar-refractivity contribution in [3.05, 3.63) is 18.6 Å². The van der Waals surface area contributed by atoms with Gasteiger partial charge in [-0.05, 0) is 24.8 Å². The number of aromatic amines is 1. The second-order valence-corrected chi connectivity index (χ2v) is 4.81. The van der Waals surface area contributed by atoms with Gasteiger partial charge in [0.1, 0.15) is 17.8 Å². The Kier molecular flexibility index (Phi) is 2.48. The molecular formula is C12H16N4O. The summed E-state index contributed by atoms with van der Waals surface area (Å²) in [6, 6.07) is 2.00. The van der Waals surface area contributed by atoms with Crippen molar-refractivity contribution in [2.45, 2.75) is 18.9 Å². The fraction of sp³-hybridized carbons (Fsp3) is 0.500. The van der Waals surface area contributed by atoms with E-state index < -0.39 is 0 Å². The van der Waals surface area contributed by atoms with Gasteiger partial charge in [-0.25, -0.2) is 9.97 Å². The quantitative estimate of drug-likeness (QED) is 0.833. The molecule has 0 amide bonds. The van der Waals surface area contributed by atoms with E-state index in [1.807, 2.05) is 19.3 Å². The van der Waals surface area contributed by atoms with E-state index in [1.54, 1.807) is 6.33 Å². The maximum atomic E-state index is 9.29. The van der Waals surface area contributed by atoms with E-state index in [2.05, 4.69) is 19.9 Å². The van der Waals surface area contributed by atoms with Gasteiger partial charge in [-0.1, -0.05) is 0 Å². The highest BCUT2D eigenvalue weighted by atomic mass is 16.3. The lowest BCUT2D eigenvalue weighted by Crippen LogP contribution is -2.37. The Morgan fingerprint density at radius 1 is 1.47 bits per heavy atom. The number of aliphatic hydroxyl groups excluding tert-OH is 1. The van der Waals surface area contributed by atoms with Crippen LogP contribution in [-0.2, 0) is 0 Å². The summed E-state index contributed by atoms with van der Waals surface area (Å²) in [6.07, 6.45) is 5.19. The van der Waals surface area contributed by atoms with E-state index in [9.17, 15) is 5.11 Å². The fourth-order valence-electron chi connectivity index (χ4n) is 2.49. The SMILES string of the molecule is CN(CC1CC(O)C1)c1ncnc2[nH]ccc12. The molecule has 90 valence electrons. The van der Waals surface area contributed by atoms with E-state index in [0.717, 1.165) is 36.2 Å². The summed E-state index contributed by atoms with van der Waals surface area (Å²) in [5.74, 6) is 1.54. The van der Waals surface area contributed by atoms with Crippen LogP contribution in [0.4, 0.5) is 5.82 Å². The first-order valence-electron chi connectivity index (χ1n) is 5.91. The summed E-state index contributed by atoms with van der Waals surface area (Å²) in [4.78, 5) is 13.8. The Morgan fingerprint density at radius 3 is 3.06 bits per heavy atom. The van der Waals surface area contributed by atoms with E-state index in [0.29, 0.717) is 5.92 Å². The number of hydrogen-bond acceptors (Lipinski definition) is 4. The van der Waals surface area contributed by atoms with Gasteiger partial charge >= 0.3 is 0 Å². The van der Waals surface area contributed by atoms with Gasteiger partial charge in [0, 0.05) is 19.8 Å². The lowest BCUT2D eigenvalue weighted by Gasteiger charge is -2.34. The molecule has 2 N–H and O–H groups in total. The van der Waals surface area contributed by atoms with Gasteiger partial charge in [0.2, 0.25) is 0 Å². The second-order valence-electron chi connectivity index (χ2n) is 4.81. The van der Waals surface area contributed by atoms with Crippen LogP contribution in [0.1, 0.15) is 12.8 Å². The predicted octanol–water partition coefficient (Wildman–Crippen LogP) is 1.16. The van der Waals surface area contributed by atoms with Gasteiger partial charge in [-0.3, -0.25) is 0 Å². The van der Waals surface area contributed by atoms with Crippen molar-refractivity contribution in [2.24, 2.45) is 5.92 Å². The van der Waals surface area contributed by atoms with Gasteiger partial charge < -0.3 is 15.0 Å². The Labute approximate surface area is 99.5 Å². The highest BCUT2D eigenvalue weighted by Gasteiger charge is 2.28. The maximum Gasteiger partial charge on any atom is 0.142 e. The minimum absolute atomic E-state index is 0.0916. The lowest BCUT2D eigenvalue weighted by atomic mass is 9.82. The largest absolute Gasteiger partial charge is 0.393 e. The molecule has 2 aromatic rings. The van der Waals surface area contributed by atoms with Crippen LogP contribution >= 0.6 is 0 Å². The topological polar surface area (TPSA) is 65.0 Å². The summed E-state index contributed by atoms with van der Waals surface area (Å²) < 4.78 is 0. The van der Waals surface area contributed by atoms with E-state index >= 15 is 0 Å². The maximum absolute atomic E-state index is 9.29. The highest BCUT2D eigenvalue weighted by Crippen LogP contribution is 2.30. The molecule has 0 bridgehead atoms. The molecule has 5 heteroatoms. The molecule has 1 aliphatic rings. The molecule has 1 aliphatic carbocycles. The second kappa shape index (κ2) is 4.00. The van der Waals surface area contributed by atoms with Crippen LogP contribution in [0, 0.1) is 5.92 Å². The minimum atomic E-state index is -0.0916. The number of aliphatic hydroxyl groups is 1. The van der Waals surface area contributed by atoms with Gasteiger partial charge in [-0.15, -0.1) is 0 Å². The number of hydrogen-bond donors (Lipinski definition) is 2. The first kappa shape index (κ1) is 10.5. The first-order chi connectivity index (χ1) is 8.24. The molecule has 5 nitrogen and oxygen atoms in total. The number of anilines is 1. The molecule has 0 radical (unpaired) electrons. The average molecular weight is 232 g/mol. The summed E-state index contributed by atoms with van der Waals surface area (Å²) in [5.41, 5.74) is 0.871. The van der Waals surface area contributed by atoms with Gasteiger partial charge in [0.15, 0.2) is 0 Å². The zero-order valence-electron chi connectivity index (χ0n) is 9.80. The molecule has 3 rings (SSSR count). The van der Waals surface area contributed by atoms with Crippen LogP contribution in [0.3, 0.4) is 0 Å². The molecule has 0 aromatic carbocycles. The molecule has 1 saturated carbocycles. The monoisotopic (exact) mass is 232 g/mol. The van der Waals surface area contributed by atoms with E-state index in [1.165, 1.54) is 0 Å². The van der Waals surface area contributed by atoms with Crippen LogP contribution in [0.2, 0.25) is 0 Å².